The summed E-state index contributed by atoms with van der Waals surface area (Å²) in [5.74, 6) is 2.53. The Balaban J connectivity index is 2.63. The van der Waals surface area contributed by atoms with Crippen molar-refractivity contribution in [1.82, 2.24) is 4.57 Å². The summed E-state index contributed by atoms with van der Waals surface area (Å²) in [6.45, 7) is 4.45. The lowest BCUT2D eigenvalue weighted by molar-refractivity contribution is -0.118. The first kappa shape index (κ1) is 13.6. The lowest BCUT2D eigenvalue weighted by Gasteiger charge is -1.99. The molecule has 0 N–H and O–H groups in total. The number of carbonyl (C=O) groups excluding carboxylic acids is 1. The Bertz CT molecular complexity index is 716. The van der Waals surface area contributed by atoms with Crippen molar-refractivity contribution in [3.63, 3.8) is 0 Å². The molecule has 0 aliphatic rings. The van der Waals surface area contributed by atoms with Gasteiger partial charge in [0.2, 0.25) is 5.91 Å². The van der Waals surface area contributed by atoms with Crippen molar-refractivity contribution in [3.05, 3.63) is 28.6 Å². The highest BCUT2D eigenvalue weighted by Gasteiger charge is 2.06. The van der Waals surface area contributed by atoms with Gasteiger partial charge in [0.1, 0.15) is 0 Å². The van der Waals surface area contributed by atoms with Crippen molar-refractivity contribution >= 4 is 27.5 Å². The molecule has 0 saturated heterocycles. The maximum Gasteiger partial charge on any atom is 0.248 e. The number of amides is 1. The molecule has 0 fully saturated rings. The summed E-state index contributed by atoms with van der Waals surface area (Å²) in [6, 6.07) is 6.16. The van der Waals surface area contributed by atoms with Gasteiger partial charge in [0.15, 0.2) is 4.80 Å². The van der Waals surface area contributed by atoms with Crippen LogP contribution >= 0.6 is 11.3 Å². The molecule has 4 heteroatoms. The molecule has 2 rings (SSSR count). The van der Waals surface area contributed by atoms with E-state index in [0.29, 0.717) is 17.8 Å². The molecule has 1 aromatic heterocycles. The number of aryl methyl sites for hydroxylation is 1. The van der Waals surface area contributed by atoms with Crippen LogP contribution in [0.1, 0.15) is 25.3 Å². The van der Waals surface area contributed by atoms with Crippen LogP contribution in [-0.2, 0) is 11.3 Å². The van der Waals surface area contributed by atoms with Crippen molar-refractivity contribution in [2.75, 3.05) is 0 Å². The smallest absolute Gasteiger partial charge is 0.248 e. The molecule has 0 bridgehead atoms. The topological polar surface area (TPSA) is 34.4 Å². The van der Waals surface area contributed by atoms with Gasteiger partial charge in [-0.15, -0.1) is 6.42 Å². The second-order valence-corrected chi connectivity index (χ2v) is 5.41. The zero-order valence-corrected chi connectivity index (χ0v) is 12.0. The fourth-order valence-corrected chi connectivity index (χ4v) is 3.03. The number of carbonyl (C=O) groups is 1. The molecule has 1 amide bonds. The molecule has 1 aromatic carbocycles. The van der Waals surface area contributed by atoms with Crippen molar-refractivity contribution < 1.29 is 4.79 Å². The standard InChI is InChI=1S/C15H16N2OS/c1-4-6-14(18)16-15-17(9-5-2)12-8-7-11(3)10-13(12)19-15/h2,7-8,10H,4,6,9H2,1,3H3. The molecule has 19 heavy (non-hydrogen) atoms. The minimum atomic E-state index is -0.0865. The number of benzene rings is 1. The van der Waals surface area contributed by atoms with Crippen LogP contribution in [0.4, 0.5) is 0 Å². The highest BCUT2D eigenvalue weighted by Crippen LogP contribution is 2.18. The first-order valence-corrected chi connectivity index (χ1v) is 7.08. The summed E-state index contributed by atoms with van der Waals surface area (Å²) < 4.78 is 3.03. The van der Waals surface area contributed by atoms with E-state index < -0.39 is 0 Å². The second-order valence-electron chi connectivity index (χ2n) is 4.40. The van der Waals surface area contributed by atoms with E-state index >= 15 is 0 Å². The molecule has 0 aliphatic carbocycles. The quantitative estimate of drug-likeness (QED) is 0.791. The number of hydrogen-bond acceptors (Lipinski definition) is 2. The van der Waals surface area contributed by atoms with E-state index in [0.717, 1.165) is 16.6 Å². The lowest BCUT2D eigenvalue weighted by atomic mass is 10.2. The van der Waals surface area contributed by atoms with Crippen LogP contribution in [0.2, 0.25) is 0 Å². The molecule has 0 aliphatic heterocycles. The van der Waals surface area contributed by atoms with Gasteiger partial charge in [-0.2, -0.15) is 4.99 Å². The van der Waals surface area contributed by atoms with E-state index in [1.54, 1.807) is 0 Å². The predicted molar refractivity (Wildman–Crippen MR) is 78.9 cm³/mol. The molecule has 0 atom stereocenters. The third-order valence-corrected chi connectivity index (χ3v) is 3.81. The Morgan fingerprint density at radius 1 is 1.53 bits per heavy atom. The van der Waals surface area contributed by atoms with Crippen LogP contribution in [0.25, 0.3) is 10.2 Å². The third kappa shape index (κ3) is 2.94. The van der Waals surface area contributed by atoms with Crippen LogP contribution in [0.5, 0.6) is 0 Å². The molecule has 3 nitrogen and oxygen atoms in total. The first-order chi connectivity index (χ1) is 9.15. The highest BCUT2D eigenvalue weighted by atomic mass is 32.1. The van der Waals surface area contributed by atoms with E-state index in [-0.39, 0.29) is 5.91 Å². The Hall–Kier alpha value is -1.86. The SMILES string of the molecule is C#CCn1c(=NC(=O)CCC)sc2cc(C)ccc21. The average Bonchev–Trinajstić information content (AvgIpc) is 2.67. The normalized spacial score (nSPS) is 11.7. The molecular formula is C15H16N2OS. The molecule has 2 aromatic rings. The van der Waals surface area contributed by atoms with Gasteiger partial charge in [-0.3, -0.25) is 4.79 Å². The average molecular weight is 272 g/mol. The minimum Gasteiger partial charge on any atom is -0.305 e. The van der Waals surface area contributed by atoms with Gasteiger partial charge in [-0.1, -0.05) is 30.2 Å². The van der Waals surface area contributed by atoms with Crippen LogP contribution in [0.15, 0.2) is 23.2 Å². The number of hydrogen-bond donors (Lipinski definition) is 0. The minimum absolute atomic E-state index is 0.0865. The van der Waals surface area contributed by atoms with Crippen molar-refractivity contribution in [1.29, 1.82) is 0 Å². The van der Waals surface area contributed by atoms with Crippen molar-refractivity contribution in [2.45, 2.75) is 33.2 Å². The van der Waals surface area contributed by atoms with E-state index in [1.807, 2.05) is 30.5 Å². The Morgan fingerprint density at radius 2 is 2.32 bits per heavy atom. The molecule has 0 radical (unpaired) electrons. The van der Waals surface area contributed by atoms with Gasteiger partial charge in [0, 0.05) is 6.42 Å². The van der Waals surface area contributed by atoms with Gasteiger partial charge in [0.05, 0.1) is 16.8 Å². The monoisotopic (exact) mass is 272 g/mol. The summed E-state index contributed by atoms with van der Waals surface area (Å²) in [6.07, 6.45) is 6.69. The molecule has 1 heterocycles. The largest absolute Gasteiger partial charge is 0.305 e. The molecular weight excluding hydrogens is 256 g/mol. The first-order valence-electron chi connectivity index (χ1n) is 6.26. The third-order valence-electron chi connectivity index (χ3n) is 2.77. The Morgan fingerprint density at radius 3 is 3.00 bits per heavy atom. The highest BCUT2D eigenvalue weighted by molar-refractivity contribution is 7.16. The number of nitrogens with zero attached hydrogens (tertiary/aromatic N) is 2. The van der Waals surface area contributed by atoms with E-state index in [4.69, 9.17) is 6.42 Å². The van der Waals surface area contributed by atoms with Gasteiger partial charge in [-0.25, -0.2) is 0 Å². The fourth-order valence-electron chi connectivity index (χ4n) is 1.89. The molecule has 98 valence electrons. The molecule has 0 spiro atoms. The molecule has 0 unspecified atom stereocenters. The summed E-state index contributed by atoms with van der Waals surface area (Å²) in [5, 5.41) is 0. The van der Waals surface area contributed by atoms with Crippen LogP contribution in [0, 0.1) is 19.3 Å². The number of rotatable bonds is 3. The van der Waals surface area contributed by atoms with Gasteiger partial charge < -0.3 is 4.57 Å². The van der Waals surface area contributed by atoms with Gasteiger partial charge >= 0.3 is 0 Å². The number of aromatic nitrogens is 1. The Labute approximate surface area is 116 Å². The maximum absolute atomic E-state index is 11.7. The maximum atomic E-state index is 11.7. The summed E-state index contributed by atoms with van der Waals surface area (Å²) in [7, 11) is 0. The van der Waals surface area contributed by atoms with E-state index in [1.165, 1.54) is 16.9 Å². The van der Waals surface area contributed by atoms with Gasteiger partial charge in [-0.05, 0) is 31.0 Å². The predicted octanol–water partition coefficient (Wildman–Crippen LogP) is 2.87. The lowest BCUT2D eigenvalue weighted by Crippen LogP contribution is -2.16. The zero-order chi connectivity index (χ0) is 13.8. The van der Waals surface area contributed by atoms with E-state index in [2.05, 4.69) is 17.0 Å². The van der Waals surface area contributed by atoms with Crippen molar-refractivity contribution in [3.8, 4) is 12.3 Å². The number of fused-ring (bicyclic) bond motifs is 1. The van der Waals surface area contributed by atoms with E-state index in [9.17, 15) is 4.79 Å². The van der Waals surface area contributed by atoms with Crippen LogP contribution < -0.4 is 4.80 Å². The van der Waals surface area contributed by atoms with Gasteiger partial charge in [0.25, 0.3) is 0 Å². The fraction of sp³-hybridized carbons (Fsp3) is 0.333. The zero-order valence-electron chi connectivity index (χ0n) is 11.1. The summed E-state index contributed by atoms with van der Waals surface area (Å²) >= 11 is 1.51. The Kier molecular flexibility index (Phi) is 4.18. The number of terminal acetylenes is 1. The second kappa shape index (κ2) is 5.85. The van der Waals surface area contributed by atoms with Crippen LogP contribution in [-0.4, -0.2) is 10.5 Å². The molecule has 0 saturated carbocycles. The number of thiazole rings is 1. The summed E-state index contributed by atoms with van der Waals surface area (Å²) in [4.78, 5) is 16.6. The van der Waals surface area contributed by atoms with Crippen LogP contribution in [0.3, 0.4) is 0 Å². The van der Waals surface area contributed by atoms with Crippen molar-refractivity contribution in [2.24, 2.45) is 4.99 Å². The summed E-state index contributed by atoms with van der Waals surface area (Å²) in [5.41, 5.74) is 2.23.